The molecule has 0 radical (unpaired) electrons. The molecule has 0 saturated carbocycles. The van der Waals surface area contributed by atoms with Gasteiger partial charge in [-0.25, -0.2) is 9.78 Å². The van der Waals surface area contributed by atoms with E-state index in [4.69, 9.17) is 4.74 Å². The van der Waals surface area contributed by atoms with Gasteiger partial charge in [-0.1, -0.05) is 24.3 Å². The molecular formula is C17H12BrNO3. The molecule has 0 fully saturated rings. The molecule has 0 amide bonds. The number of rotatable bonds is 3. The molecule has 0 bridgehead atoms. The molecule has 22 heavy (non-hydrogen) atoms. The average molecular weight is 358 g/mol. The van der Waals surface area contributed by atoms with E-state index in [0.29, 0.717) is 22.3 Å². The SMILES string of the molecule is COc1ccccc1-c1cc(C(=O)O)c2cccc(Br)c2n1. The smallest absolute Gasteiger partial charge is 0.336 e. The van der Waals surface area contributed by atoms with Crippen LogP contribution in [0.5, 0.6) is 5.75 Å². The standard InChI is InChI=1S/C17H12BrNO3/c1-22-15-8-3-2-5-11(15)14-9-12(17(20)21)10-6-4-7-13(18)16(10)19-14/h2-9H,1H3,(H,20,21). The van der Waals surface area contributed by atoms with Crippen molar-refractivity contribution in [3.8, 4) is 17.0 Å². The maximum absolute atomic E-state index is 11.6. The van der Waals surface area contributed by atoms with Crippen LogP contribution in [-0.4, -0.2) is 23.2 Å². The normalized spacial score (nSPS) is 10.6. The first-order chi connectivity index (χ1) is 10.6. The summed E-state index contributed by atoms with van der Waals surface area (Å²) in [4.78, 5) is 16.2. The van der Waals surface area contributed by atoms with Crippen LogP contribution in [0.1, 0.15) is 10.4 Å². The molecular weight excluding hydrogens is 346 g/mol. The Morgan fingerprint density at radius 1 is 1.18 bits per heavy atom. The van der Waals surface area contributed by atoms with Crippen molar-refractivity contribution in [1.82, 2.24) is 4.98 Å². The molecule has 1 aromatic heterocycles. The lowest BCUT2D eigenvalue weighted by atomic mass is 10.0. The maximum Gasteiger partial charge on any atom is 0.336 e. The molecule has 0 aliphatic carbocycles. The maximum atomic E-state index is 11.6. The number of para-hydroxylation sites is 2. The zero-order valence-corrected chi connectivity index (χ0v) is 13.3. The topological polar surface area (TPSA) is 59.4 Å². The van der Waals surface area contributed by atoms with Gasteiger partial charge < -0.3 is 9.84 Å². The highest BCUT2D eigenvalue weighted by Gasteiger charge is 2.16. The number of benzene rings is 2. The van der Waals surface area contributed by atoms with Gasteiger partial charge in [-0.05, 0) is 40.2 Å². The second kappa shape index (κ2) is 5.77. The molecule has 0 atom stereocenters. The predicted molar refractivity (Wildman–Crippen MR) is 88.4 cm³/mol. The Kier molecular flexibility index (Phi) is 3.81. The minimum atomic E-state index is -0.985. The lowest BCUT2D eigenvalue weighted by Crippen LogP contribution is -2.01. The Balaban J connectivity index is 2.36. The van der Waals surface area contributed by atoms with Gasteiger partial charge in [0.1, 0.15) is 5.75 Å². The fraction of sp³-hybridized carbons (Fsp3) is 0.0588. The number of fused-ring (bicyclic) bond motifs is 1. The molecule has 0 unspecified atom stereocenters. The summed E-state index contributed by atoms with van der Waals surface area (Å²) in [7, 11) is 1.58. The van der Waals surface area contributed by atoms with Gasteiger partial charge in [-0.2, -0.15) is 0 Å². The van der Waals surface area contributed by atoms with Crippen molar-refractivity contribution in [1.29, 1.82) is 0 Å². The first-order valence-corrected chi connectivity index (χ1v) is 7.37. The van der Waals surface area contributed by atoms with Gasteiger partial charge in [-0.15, -0.1) is 0 Å². The lowest BCUT2D eigenvalue weighted by Gasteiger charge is -2.11. The van der Waals surface area contributed by atoms with Crippen molar-refractivity contribution in [2.24, 2.45) is 0 Å². The van der Waals surface area contributed by atoms with Gasteiger partial charge in [0.05, 0.1) is 23.9 Å². The minimum Gasteiger partial charge on any atom is -0.496 e. The summed E-state index contributed by atoms with van der Waals surface area (Å²) in [5.41, 5.74) is 2.15. The van der Waals surface area contributed by atoms with E-state index in [1.807, 2.05) is 30.3 Å². The number of nitrogens with zero attached hydrogens (tertiary/aromatic N) is 1. The first kappa shape index (κ1) is 14.5. The van der Waals surface area contributed by atoms with Crippen molar-refractivity contribution in [2.45, 2.75) is 0 Å². The van der Waals surface area contributed by atoms with Crippen molar-refractivity contribution < 1.29 is 14.6 Å². The van der Waals surface area contributed by atoms with Gasteiger partial charge in [0.2, 0.25) is 0 Å². The monoisotopic (exact) mass is 357 g/mol. The number of pyridine rings is 1. The molecule has 0 saturated heterocycles. The molecule has 110 valence electrons. The molecule has 1 heterocycles. The Morgan fingerprint density at radius 3 is 2.68 bits per heavy atom. The van der Waals surface area contributed by atoms with Crippen LogP contribution in [0.4, 0.5) is 0 Å². The molecule has 0 aliphatic rings. The molecule has 2 aromatic carbocycles. The number of ether oxygens (including phenoxy) is 1. The van der Waals surface area contributed by atoms with Crippen molar-refractivity contribution >= 4 is 32.8 Å². The summed E-state index contributed by atoms with van der Waals surface area (Å²) in [5.74, 6) is -0.334. The third-order valence-electron chi connectivity index (χ3n) is 3.40. The van der Waals surface area contributed by atoms with Crippen LogP contribution in [0.25, 0.3) is 22.2 Å². The van der Waals surface area contributed by atoms with Gasteiger partial charge in [0, 0.05) is 15.4 Å². The highest BCUT2D eigenvalue weighted by Crippen LogP contribution is 2.33. The third kappa shape index (κ3) is 2.44. The summed E-state index contributed by atoms with van der Waals surface area (Å²) in [6.45, 7) is 0. The summed E-state index contributed by atoms with van der Waals surface area (Å²) in [6.07, 6.45) is 0. The summed E-state index contributed by atoms with van der Waals surface area (Å²) in [5, 5.41) is 10.1. The van der Waals surface area contributed by atoms with Crippen LogP contribution in [-0.2, 0) is 0 Å². The average Bonchev–Trinajstić information content (AvgIpc) is 2.54. The van der Waals surface area contributed by atoms with Crippen LogP contribution in [0.2, 0.25) is 0 Å². The molecule has 5 heteroatoms. The number of carbonyl (C=O) groups is 1. The van der Waals surface area contributed by atoms with E-state index in [9.17, 15) is 9.90 Å². The molecule has 0 spiro atoms. The number of hydrogen-bond donors (Lipinski definition) is 1. The van der Waals surface area contributed by atoms with E-state index in [2.05, 4.69) is 20.9 Å². The number of aromatic nitrogens is 1. The Bertz CT molecular complexity index is 877. The lowest BCUT2D eigenvalue weighted by molar-refractivity contribution is 0.0699. The van der Waals surface area contributed by atoms with Crippen molar-refractivity contribution in [2.75, 3.05) is 7.11 Å². The van der Waals surface area contributed by atoms with E-state index in [1.54, 1.807) is 25.3 Å². The summed E-state index contributed by atoms with van der Waals surface area (Å²) >= 11 is 3.44. The van der Waals surface area contributed by atoms with Gasteiger partial charge in [-0.3, -0.25) is 0 Å². The quantitative estimate of drug-likeness (QED) is 0.755. The largest absolute Gasteiger partial charge is 0.496 e. The number of carboxylic acid groups (broad SMARTS) is 1. The molecule has 3 aromatic rings. The van der Waals surface area contributed by atoms with Crippen LogP contribution in [0.3, 0.4) is 0 Å². The van der Waals surface area contributed by atoms with Crippen LogP contribution in [0, 0.1) is 0 Å². The number of hydrogen-bond acceptors (Lipinski definition) is 3. The Labute approximate surface area is 135 Å². The third-order valence-corrected chi connectivity index (χ3v) is 4.04. The Hall–Kier alpha value is -2.40. The van der Waals surface area contributed by atoms with Gasteiger partial charge in [0.25, 0.3) is 0 Å². The van der Waals surface area contributed by atoms with E-state index >= 15 is 0 Å². The van der Waals surface area contributed by atoms with Crippen molar-refractivity contribution in [3.63, 3.8) is 0 Å². The van der Waals surface area contributed by atoms with Crippen LogP contribution >= 0.6 is 15.9 Å². The number of halogens is 1. The molecule has 4 nitrogen and oxygen atoms in total. The molecule has 0 aliphatic heterocycles. The van der Waals surface area contributed by atoms with Crippen LogP contribution < -0.4 is 4.74 Å². The number of carboxylic acids is 1. The zero-order valence-electron chi connectivity index (χ0n) is 11.7. The summed E-state index contributed by atoms with van der Waals surface area (Å²) in [6, 6.07) is 14.4. The second-order valence-corrected chi connectivity index (χ2v) is 5.55. The molecule has 3 rings (SSSR count). The van der Waals surface area contributed by atoms with Crippen molar-refractivity contribution in [3.05, 3.63) is 58.6 Å². The van der Waals surface area contributed by atoms with E-state index in [1.165, 1.54) is 0 Å². The summed E-state index contributed by atoms with van der Waals surface area (Å²) < 4.78 is 6.10. The zero-order chi connectivity index (χ0) is 15.7. The van der Waals surface area contributed by atoms with E-state index < -0.39 is 5.97 Å². The number of aromatic carboxylic acids is 1. The Morgan fingerprint density at radius 2 is 1.95 bits per heavy atom. The van der Waals surface area contributed by atoms with E-state index in [0.717, 1.165) is 10.0 Å². The van der Waals surface area contributed by atoms with Gasteiger partial charge >= 0.3 is 5.97 Å². The fourth-order valence-corrected chi connectivity index (χ4v) is 2.84. The number of methoxy groups -OCH3 is 1. The van der Waals surface area contributed by atoms with Gasteiger partial charge in [0.15, 0.2) is 0 Å². The minimum absolute atomic E-state index is 0.215. The highest BCUT2D eigenvalue weighted by atomic mass is 79.9. The predicted octanol–water partition coefficient (Wildman–Crippen LogP) is 4.37. The van der Waals surface area contributed by atoms with E-state index in [-0.39, 0.29) is 5.56 Å². The highest BCUT2D eigenvalue weighted by molar-refractivity contribution is 9.10. The van der Waals surface area contributed by atoms with Crippen LogP contribution in [0.15, 0.2) is 53.0 Å². The molecule has 1 N–H and O–H groups in total. The first-order valence-electron chi connectivity index (χ1n) is 6.58. The second-order valence-electron chi connectivity index (χ2n) is 4.70. The fourth-order valence-electron chi connectivity index (χ4n) is 2.38.